The molecule has 1 aliphatic carbocycles. The van der Waals surface area contributed by atoms with E-state index in [9.17, 15) is 10.5 Å². The fraction of sp³-hybridized carbons (Fsp3) is 0.0652. The van der Waals surface area contributed by atoms with Crippen molar-refractivity contribution in [2.24, 2.45) is 5.92 Å². The Kier molecular flexibility index (Phi) is 8.30. The minimum absolute atomic E-state index is 0.382. The second-order valence-corrected chi connectivity index (χ2v) is 12.8. The summed E-state index contributed by atoms with van der Waals surface area (Å²) in [5, 5.41) is 19.2. The number of nitrogens with zero attached hydrogens (tertiary/aromatic N) is 5. The second kappa shape index (κ2) is 13.5. The van der Waals surface area contributed by atoms with Crippen LogP contribution in [0.5, 0.6) is 0 Å². The number of fused-ring (bicyclic) bond motifs is 1. The molecule has 0 N–H and O–H groups in total. The molecule has 0 saturated carbocycles. The van der Waals surface area contributed by atoms with Gasteiger partial charge in [0.2, 0.25) is 0 Å². The van der Waals surface area contributed by atoms with E-state index < -0.39 is 0 Å². The molecule has 0 bridgehead atoms. The first kappa shape index (κ1) is 31.3. The molecule has 1 atom stereocenters. The third kappa shape index (κ3) is 6.33. The van der Waals surface area contributed by atoms with Gasteiger partial charge in [-0.25, -0.2) is 15.0 Å². The summed E-state index contributed by atoms with van der Waals surface area (Å²) in [4.78, 5) is 14.6. The number of aromatic nitrogens is 3. The maximum absolute atomic E-state index is 9.97. The highest BCUT2D eigenvalue weighted by molar-refractivity contribution is 5.86. The lowest BCUT2D eigenvalue weighted by Crippen LogP contribution is -2.07. The molecule has 1 aliphatic rings. The van der Waals surface area contributed by atoms with Crippen LogP contribution in [0.3, 0.4) is 0 Å². The zero-order valence-corrected chi connectivity index (χ0v) is 28.0. The average molecular weight is 654 g/mol. The number of allylic oxidation sites excluding steroid dienone is 1. The van der Waals surface area contributed by atoms with Crippen molar-refractivity contribution in [3.8, 4) is 79.7 Å². The van der Waals surface area contributed by atoms with Crippen molar-refractivity contribution >= 4 is 6.08 Å². The van der Waals surface area contributed by atoms with Crippen LogP contribution >= 0.6 is 0 Å². The van der Waals surface area contributed by atoms with Crippen LogP contribution in [-0.4, -0.2) is 15.0 Å². The number of nitriles is 2. The van der Waals surface area contributed by atoms with Gasteiger partial charge >= 0.3 is 0 Å². The van der Waals surface area contributed by atoms with Gasteiger partial charge in [0.15, 0.2) is 17.5 Å². The molecule has 0 spiro atoms. The molecule has 5 nitrogen and oxygen atoms in total. The Morgan fingerprint density at radius 2 is 1.00 bits per heavy atom. The van der Waals surface area contributed by atoms with Crippen LogP contribution in [0.4, 0.5) is 0 Å². The first-order valence-corrected chi connectivity index (χ1v) is 16.9. The Hall–Kier alpha value is -6.95. The first-order valence-electron chi connectivity index (χ1n) is 16.9. The van der Waals surface area contributed by atoms with Crippen LogP contribution in [0.25, 0.3) is 73.6 Å². The molecule has 7 aromatic rings. The van der Waals surface area contributed by atoms with Crippen molar-refractivity contribution in [2.45, 2.75) is 13.3 Å². The first-order chi connectivity index (χ1) is 25.1. The molecule has 0 aliphatic heterocycles. The van der Waals surface area contributed by atoms with Gasteiger partial charge in [-0.05, 0) is 87.2 Å². The molecular formula is C46H31N5. The Balaban J connectivity index is 1.19. The van der Waals surface area contributed by atoms with Crippen LogP contribution in [0.2, 0.25) is 0 Å². The molecule has 0 amide bonds. The van der Waals surface area contributed by atoms with Crippen LogP contribution in [0.15, 0.2) is 146 Å². The summed E-state index contributed by atoms with van der Waals surface area (Å²) in [6, 6.07) is 50.9. The van der Waals surface area contributed by atoms with E-state index in [1.54, 1.807) is 0 Å². The number of benzene rings is 6. The van der Waals surface area contributed by atoms with E-state index in [2.05, 4.69) is 73.7 Å². The number of hydrogen-bond acceptors (Lipinski definition) is 5. The van der Waals surface area contributed by atoms with Gasteiger partial charge in [0.05, 0.1) is 23.3 Å². The normalized spacial score (nSPS) is 13.2. The minimum Gasteiger partial charge on any atom is -0.208 e. The maximum Gasteiger partial charge on any atom is 0.164 e. The molecule has 6 aromatic carbocycles. The fourth-order valence-corrected chi connectivity index (χ4v) is 6.74. The zero-order chi connectivity index (χ0) is 34.7. The van der Waals surface area contributed by atoms with Crippen molar-refractivity contribution < 1.29 is 0 Å². The highest BCUT2D eigenvalue weighted by atomic mass is 15.0. The third-order valence-corrected chi connectivity index (χ3v) is 9.35. The molecule has 0 saturated heterocycles. The highest BCUT2D eigenvalue weighted by Crippen LogP contribution is 2.40. The summed E-state index contributed by atoms with van der Waals surface area (Å²) < 4.78 is 0. The lowest BCUT2D eigenvalue weighted by Gasteiger charge is -2.23. The summed E-state index contributed by atoms with van der Waals surface area (Å²) in [5.74, 6) is 2.27. The quantitative estimate of drug-likeness (QED) is 0.178. The van der Waals surface area contributed by atoms with Gasteiger partial charge in [-0.1, -0.05) is 128 Å². The summed E-state index contributed by atoms with van der Waals surface area (Å²) in [6.07, 6.45) is 5.42. The largest absolute Gasteiger partial charge is 0.208 e. The predicted molar refractivity (Wildman–Crippen MR) is 204 cm³/mol. The van der Waals surface area contributed by atoms with Crippen molar-refractivity contribution in [1.82, 2.24) is 15.0 Å². The monoisotopic (exact) mass is 653 g/mol. The molecule has 51 heavy (non-hydrogen) atoms. The van der Waals surface area contributed by atoms with E-state index in [4.69, 9.17) is 15.0 Å². The van der Waals surface area contributed by atoms with Crippen molar-refractivity contribution in [2.75, 3.05) is 0 Å². The van der Waals surface area contributed by atoms with Crippen molar-refractivity contribution in [3.05, 3.63) is 168 Å². The highest BCUT2D eigenvalue weighted by Gasteiger charge is 2.20. The Labute approximate surface area is 297 Å². The van der Waals surface area contributed by atoms with Gasteiger partial charge in [0.25, 0.3) is 0 Å². The van der Waals surface area contributed by atoms with Crippen LogP contribution in [0.1, 0.15) is 29.2 Å². The SMILES string of the molecule is CC1C=Cc2c(-c3ccc(-c4nc(-c5ccccc5)nc(-c5ccccc5)n4)cc3)ccc(-c3cc(C#N)cc(-c4ccc(C#N)cc4)c3)c2C1. The van der Waals surface area contributed by atoms with Gasteiger partial charge in [-0.15, -0.1) is 0 Å². The van der Waals surface area contributed by atoms with Gasteiger partial charge in [-0.3, -0.25) is 0 Å². The summed E-state index contributed by atoms with van der Waals surface area (Å²) in [6.45, 7) is 2.24. The third-order valence-electron chi connectivity index (χ3n) is 9.35. The van der Waals surface area contributed by atoms with E-state index in [0.717, 1.165) is 56.5 Å². The molecule has 8 rings (SSSR count). The number of hydrogen-bond donors (Lipinski definition) is 0. The van der Waals surface area contributed by atoms with Gasteiger partial charge in [0, 0.05) is 16.7 Å². The molecule has 1 aromatic heterocycles. The van der Waals surface area contributed by atoms with Crippen molar-refractivity contribution in [1.29, 1.82) is 10.5 Å². The summed E-state index contributed by atoms with van der Waals surface area (Å²) in [7, 11) is 0. The topological polar surface area (TPSA) is 86.2 Å². The molecule has 5 heteroatoms. The van der Waals surface area contributed by atoms with E-state index >= 15 is 0 Å². The second-order valence-electron chi connectivity index (χ2n) is 12.8. The van der Waals surface area contributed by atoms with Crippen LogP contribution in [-0.2, 0) is 6.42 Å². The van der Waals surface area contributed by atoms with E-state index in [1.807, 2.05) is 97.1 Å². The van der Waals surface area contributed by atoms with E-state index in [-0.39, 0.29) is 0 Å². The van der Waals surface area contributed by atoms with Gasteiger partial charge in [-0.2, -0.15) is 10.5 Å². The molecule has 240 valence electrons. The minimum atomic E-state index is 0.382. The van der Waals surface area contributed by atoms with Crippen molar-refractivity contribution in [3.63, 3.8) is 0 Å². The van der Waals surface area contributed by atoms with Gasteiger partial charge < -0.3 is 0 Å². The smallest absolute Gasteiger partial charge is 0.164 e. The number of rotatable bonds is 6. The summed E-state index contributed by atoms with van der Waals surface area (Å²) in [5.41, 5.74) is 12.8. The van der Waals surface area contributed by atoms with Gasteiger partial charge in [0.1, 0.15) is 0 Å². The zero-order valence-electron chi connectivity index (χ0n) is 28.0. The molecule has 0 radical (unpaired) electrons. The average Bonchev–Trinajstić information content (AvgIpc) is 3.20. The lowest BCUT2D eigenvalue weighted by atomic mass is 9.81. The Morgan fingerprint density at radius 1 is 0.490 bits per heavy atom. The predicted octanol–water partition coefficient (Wildman–Crippen LogP) is 10.8. The molecule has 1 unspecified atom stereocenters. The summed E-state index contributed by atoms with van der Waals surface area (Å²) >= 11 is 0. The Bertz CT molecular complexity index is 2450. The van der Waals surface area contributed by atoms with Crippen LogP contribution in [0, 0.1) is 28.6 Å². The maximum atomic E-state index is 9.97. The fourth-order valence-electron chi connectivity index (χ4n) is 6.74. The Morgan fingerprint density at radius 3 is 1.59 bits per heavy atom. The van der Waals surface area contributed by atoms with Crippen LogP contribution < -0.4 is 0 Å². The molecule has 1 heterocycles. The lowest BCUT2D eigenvalue weighted by molar-refractivity contribution is 0.719. The molecular weight excluding hydrogens is 623 g/mol. The molecule has 0 fully saturated rings. The van der Waals surface area contributed by atoms with E-state index in [0.29, 0.717) is 34.5 Å². The van der Waals surface area contributed by atoms with E-state index in [1.165, 1.54) is 11.1 Å². The standard InChI is InChI=1S/C46H31N5/c1-30-12-21-42-40(22-23-41(43(42)24-30)39-26-32(29-48)25-38(27-39)33-15-13-31(28-47)14-16-33)34-17-19-37(20-18-34)46-50-44(35-8-4-2-5-9-35)49-45(51-46)36-10-6-3-7-11-36/h2-23,25-27,30H,24H2,1H3.